The second-order valence-electron chi connectivity index (χ2n) is 5.85. The highest BCUT2D eigenvalue weighted by Crippen LogP contribution is 2.26. The molecular formula is C20H15N3O2. The SMILES string of the molecule is Nc1ccc(-c2cc(=O)[nH]c(-c3ccc4cc(O)ccc4c3)n2)cc1. The fourth-order valence-electron chi connectivity index (χ4n) is 2.78. The average Bonchev–Trinajstić information content (AvgIpc) is 2.61. The summed E-state index contributed by atoms with van der Waals surface area (Å²) >= 11 is 0. The fourth-order valence-corrected chi connectivity index (χ4v) is 2.78. The summed E-state index contributed by atoms with van der Waals surface area (Å²) in [7, 11) is 0. The Bertz CT molecular complexity index is 1130. The minimum atomic E-state index is -0.220. The Balaban J connectivity index is 1.84. The number of aromatic nitrogens is 2. The van der Waals surface area contributed by atoms with Gasteiger partial charge in [0, 0.05) is 22.9 Å². The molecule has 0 spiro atoms. The van der Waals surface area contributed by atoms with Crippen LogP contribution < -0.4 is 11.3 Å². The van der Waals surface area contributed by atoms with Gasteiger partial charge in [-0.2, -0.15) is 0 Å². The Morgan fingerprint density at radius 1 is 0.840 bits per heavy atom. The molecule has 0 fully saturated rings. The highest BCUT2D eigenvalue weighted by atomic mass is 16.3. The first-order valence-electron chi connectivity index (χ1n) is 7.79. The van der Waals surface area contributed by atoms with Gasteiger partial charge in [0.15, 0.2) is 0 Å². The van der Waals surface area contributed by atoms with Crippen molar-refractivity contribution in [1.29, 1.82) is 0 Å². The van der Waals surface area contributed by atoms with Gasteiger partial charge in [-0.3, -0.25) is 4.79 Å². The Morgan fingerprint density at radius 2 is 1.52 bits per heavy atom. The number of nitrogen functional groups attached to an aromatic ring is 1. The quantitative estimate of drug-likeness (QED) is 0.490. The summed E-state index contributed by atoms with van der Waals surface area (Å²) in [6.45, 7) is 0. The minimum Gasteiger partial charge on any atom is -0.508 e. The van der Waals surface area contributed by atoms with Crippen molar-refractivity contribution < 1.29 is 5.11 Å². The van der Waals surface area contributed by atoms with E-state index in [0.717, 1.165) is 21.9 Å². The number of nitrogens with one attached hydrogen (secondary N) is 1. The van der Waals surface area contributed by atoms with Gasteiger partial charge >= 0.3 is 0 Å². The molecule has 4 rings (SSSR count). The lowest BCUT2D eigenvalue weighted by atomic mass is 10.1. The van der Waals surface area contributed by atoms with Gasteiger partial charge in [0.05, 0.1) is 5.69 Å². The maximum absolute atomic E-state index is 12.1. The fraction of sp³-hybridized carbons (Fsp3) is 0. The van der Waals surface area contributed by atoms with E-state index in [-0.39, 0.29) is 11.3 Å². The number of hydrogen-bond donors (Lipinski definition) is 3. The normalized spacial score (nSPS) is 10.9. The standard InChI is InChI=1S/C20H15N3O2/c21-16-6-3-12(4-7-16)18-11-19(25)23-20(22-18)15-2-1-14-10-17(24)8-5-13(14)9-15/h1-11,24H,21H2,(H,22,23,25). The zero-order valence-electron chi connectivity index (χ0n) is 13.2. The van der Waals surface area contributed by atoms with Crippen molar-refractivity contribution in [3.63, 3.8) is 0 Å². The van der Waals surface area contributed by atoms with Gasteiger partial charge in [0.2, 0.25) is 0 Å². The van der Waals surface area contributed by atoms with Crippen LogP contribution in [0.2, 0.25) is 0 Å². The van der Waals surface area contributed by atoms with Crippen LogP contribution in [0.4, 0.5) is 5.69 Å². The molecule has 1 aromatic heterocycles. The number of anilines is 1. The van der Waals surface area contributed by atoms with Gasteiger partial charge in [-0.05, 0) is 41.1 Å². The van der Waals surface area contributed by atoms with Crippen molar-refractivity contribution in [2.45, 2.75) is 0 Å². The van der Waals surface area contributed by atoms with Gasteiger partial charge in [-0.25, -0.2) is 4.98 Å². The Labute approximate surface area is 143 Å². The molecule has 4 N–H and O–H groups in total. The van der Waals surface area contributed by atoms with Crippen LogP contribution in [0.1, 0.15) is 0 Å². The molecule has 0 saturated heterocycles. The largest absolute Gasteiger partial charge is 0.508 e. The van der Waals surface area contributed by atoms with Crippen LogP contribution in [0.15, 0.2) is 71.5 Å². The molecule has 4 aromatic rings. The number of aromatic hydroxyl groups is 1. The van der Waals surface area contributed by atoms with Crippen molar-refractivity contribution in [3.8, 4) is 28.4 Å². The van der Waals surface area contributed by atoms with Gasteiger partial charge in [-0.15, -0.1) is 0 Å². The van der Waals surface area contributed by atoms with Crippen molar-refractivity contribution >= 4 is 16.5 Å². The lowest BCUT2D eigenvalue weighted by Gasteiger charge is -2.07. The summed E-state index contributed by atoms with van der Waals surface area (Å²) in [6.07, 6.45) is 0. The van der Waals surface area contributed by atoms with Crippen molar-refractivity contribution in [2.24, 2.45) is 0 Å². The second kappa shape index (κ2) is 5.79. The zero-order valence-corrected chi connectivity index (χ0v) is 13.2. The van der Waals surface area contributed by atoms with E-state index in [0.29, 0.717) is 17.2 Å². The Kier molecular flexibility index (Phi) is 3.47. The monoisotopic (exact) mass is 329 g/mol. The smallest absolute Gasteiger partial charge is 0.251 e. The molecule has 25 heavy (non-hydrogen) atoms. The number of H-pyrrole nitrogens is 1. The van der Waals surface area contributed by atoms with Gasteiger partial charge < -0.3 is 15.8 Å². The molecule has 5 heteroatoms. The molecule has 0 unspecified atom stereocenters. The molecule has 122 valence electrons. The number of nitrogens with two attached hydrogens (primary N) is 1. The lowest BCUT2D eigenvalue weighted by molar-refractivity contribution is 0.476. The van der Waals surface area contributed by atoms with Gasteiger partial charge in [0.25, 0.3) is 5.56 Å². The number of aromatic amines is 1. The molecule has 0 saturated carbocycles. The summed E-state index contributed by atoms with van der Waals surface area (Å²) in [4.78, 5) is 19.4. The van der Waals surface area contributed by atoms with Crippen LogP contribution in [-0.2, 0) is 0 Å². The van der Waals surface area contributed by atoms with E-state index in [4.69, 9.17) is 5.73 Å². The predicted octanol–water partition coefficient (Wildman–Crippen LogP) is 3.54. The van der Waals surface area contributed by atoms with E-state index >= 15 is 0 Å². The summed E-state index contributed by atoms with van der Waals surface area (Å²) in [5, 5.41) is 11.4. The summed E-state index contributed by atoms with van der Waals surface area (Å²) in [5.41, 5.74) is 8.36. The maximum Gasteiger partial charge on any atom is 0.251 e. The number of phenolic OH excluding ortho intramolecular Hbond substituents is 1. The lowest BCUT2D eigenvalue weighted by Crippen LogP contribution is -2.08. The highest BCUT2D eigenvalue weighted by Gasteiger charge is 2.07. The van der Waals surface area contributed by atoms with E-state index in [2.05, 4.69) is 9.97 Å². The number of benzene rings is 3. The molecule has 3 aromatic carbocycles. The summed E-state index contributed by atoms with van der Waals surface area (Å²) < 4.78 is 0. The number of nitrogens with zero attached hydrogens (tertiary/aromatic N) is 1. The van der Waals surface area contributed by atoms with E-state index in [1.54, 1.807) is 24.3 Å². The maximum atomic E-state index is 12.1. The second-order valence-corrected chi connectivity index (χ2v) is 5.85. The van der Waals surface area contributed by atoms with E-state index in [1.807, 2.05) is 36.4 Å². The molecule has 0 aliphatic heterocycles. The zero-order chi connectivity index (χ0) is 17.4. The average molecular weight is 329 g/mol. The number of fused-ring (bicyclic) bond motifs is 1. The molecular weight excluding hydrogens is 314 g/mol. The first-order valence-corrected chi connectivity index (χ1v) is 7.79. The predicted molar refractivity (Wildman–Crippen MR) is 99.3 cm³/mol. The number of phenols is 1. The molecule has 0 atom stereocenters. The Morgan fingerprint density at radius 3 is 2.32 bits per heavy atom. The Hall–Kier alpha value is -3.60. The highest BCUT2D eigenvalue weighted by molar-refractivity contribution is 5.87. The van der Waals surface area contributed by atoms with Gasteiger partial charge in [-0.1, -0.05) is 30.3 Å². The van der Waals surface area contributed by atoms with Crippen LogP contribution in [0, 0.1) is 0 Å². The molecule has 0 aliphatic carbocycles. The topological polar surface area (TPSA) is 92.0 Å². The van der Waals surface area contributed by atoms with Crippen molar-refractivity contribution in [2.75, 3.05) is 5.73 Å². The molecule has 1 heterocycles. The van der Waals surface area contributed by atoms with Crippen molar-refractivity contribution in [1.82, 2.24) is 9.97 Å². The van der Waals surface area contributed by atoms with Crippen LogP contribution >= 0.6 is 0 Å². The first-order chi connectivity index (χ1) is 12.1. The number of rotatable bonds is 2. The van der Waals surface area contributed by atoms with Crippen LogP contribution in [0.5, 0.6) is 5.75 Å². The van der Waals surface area contributed by atoms with Crippen LogP contribution in [0.25, 0.3) is 33.4 Å². The van der Waals surface area contributed by atoms with Crippen LogP contribution in [0.3, 0.4) is 0 Å². The molecule has 5 nitrogen and oxygen atoms in total. The van der Waals surface area contributed by atoms with E-state index < -0.39 is 0 Å². The molecule has 0 aliphatic rings. The third-order valence-electron chi connectivity index (χ3n) is 4.05. The summed E-state index contributed by atoms with van der Waals surface area (Å²) in [5.74, 6) is 0.714. The van der Waals surface area contributed by atoms with Gasteiger partial charge in [0.1, 0.15) is 11.6 Å². The first kappa shape index (κ1) is 15.0. The molecule has 0 bridgehead atoms. The molecule has 0 amide bonds. The third kappa shape index (κ3) is 2.95. The third-order valence-corrected chi connectivity index (χ3v) is 4.05. The van der Waals surface area contributed by atoms with E-state index in [9.17, 15) is 9.90 Å². The van der Waals surface area contributed by atoms with Crippen molar-refractivity contribution in [3.05, 3.63) is 77.1 Å². The number of hydrogen-bond acceptors (Lipinski definition) is 4. The van der Waals surface area contributed by atoms with Crippen LogP contribution in [-0.4, -0.2) is 15.1 Å². The summed E-state index contributed by atoms with van der Waals surface area (Å²) in [6, 6.07) is 19.5. The minimum absolute atomic E-state index is 0.220. The van der Waals surface area contributed by atoms with E-state index in [1.165, 1.54) is 6.07 Å². The molecule has 0 radical (unpaired) electrons.